The first-order valence-corrected chi connectivity index (χ1v) is 7.49. The second-order valence-corrected chi connectivity index (χ2v) is 5.26. The number of esters is 1. The maximum Gasteiger partial charge on any atom is 0.310 e. The van der Waals surface area contributed by atoms with E-state index in [2.05, 4.69) is 0 Å². The largest absolute Gasteiger partial charge is 0.466 e. The van der Waals surface area contributed by atoms with Gasteiger partial charge in [0, 0.05) is 19.2 Å². The van der Waals surface area contributed by atoms with Crippen molar-refractivity contribution in [1.82, 2.24) is 4.90 Å². The molecule has 0 bridgehead atoms. The first kappa shape index (κ1) is 16.2. The Bertz CT molecular complexity index is 571. The van der Waals surface area contributed by atoms with Gasteiger partial charge in [0.15, 0.2) is 0 Å². The molecule has 22 heavy (non-hydrogen) atoms. The minimum atomic E-state index is -0.338. The molecule has 0 saturated carbocycles. The Morgan fingerprint density at radius 1 is 1.45 bits per heavy atom. The summed E-state index contributed by atoms with van der Waals surface area (Å²) < 4.78 is 18.1. The highest BCUT2D eigenvalue weighted by atomic mass is 19.1. The van der Waals surface area contributed by atoms with Gasteiger partial charge < -0.3 is 9.64 Å². The molecule has 1 aliphatic heterocycles. The number of amides is 1. The number of rotatable bonds is 4. The molecule has 0 aromatic heterocycles. The van der Waals surface area contributed by atoms with Crippen molar-refractivity contribution < 1.29 is 18.7 Å². The van der Waals surface area contributed by atoms with Crippen LogP contribution in [0.15, 0.2) is 30.3 Å². The molecule has 0 N–H and O–H groups in total. The third kappa shape index (κ3) is 4.41. The van der Waals surface area contributed by atoms with Crippen molar-refractivity contribution in [2.45, 2.75) is 19.8 Å². The van der Waals surface area contributed by atoms with Crippen molar-refractivity contribution in [2.75, 3.05) is 19.7 Å². The summed E-state index contributed by atoms with van der Waals surface area (Å²) in [6.07, 6.45) is 4.53. The maximum atomic E-state index is 13.1. The van der Waals surface area contributed by atoms with Crippen molar-refractivity contribution in [2.24, 2.45) is 5.92 Å². The fourth-order valence-electron chi connectivity index (χ4n) is 2.51. The second-order valence-electron chi connectivity index (χ2n) is 5.26. The van der Waals surface area contributed by atoms with E-state index >= 15 is 0 Å². The molecule has 1 saturated heterocycles. The van der Waals surface area contributed by atoms with Gasteiger partial charge in [-0.25, -0.2) is 4.39 Å². The van der Waals surface area contributed by atoms with Crippen molar-refractivity contribution in [3.05, 3.63) is 41.7 Å². The van der Waals surface area contributed by atoms with E-state index in [0.717, 1.165) is 12.8 Å². The third-order valence-corrected chi connectivity index (χ3v) is 3.62. The van der Waals surface area contributed by atoms with E-state index < -0.39 is 0 Å². The van der Waals surface area contributed by atoms with Gasteiger partial charge in [0.1, 0.15) is 5.82 Å². The van der Waals surface area contributed by atoms with Crippen LogP contribution in [0, 0.1) is 11.7 Å². The van der Waals surface area contributed by atoms with Crippen LogP contribution >= 0.6 is 0 Å². The summed E-state index contributed by atoms with van der Waals surface area (Å²) in [6, 6.07) is 6.04. The van der Waals surface area contributed by atoms with Crippen LogP contribution in [0.5, 0.6) is 0 Å². The molecule has 0 aliphatic carbocycles. The molecule has 2 rings (SSSR count). The van der Waals surface area contributed by atoms with E-state index in [4.69, 9.17) is 4.74 Å². The monoisotopic (exact) mass is 305 g/mol. The van der Waals surface area contributed by atoms with Gasteiger partial charge in [-0.3, -0.25) is 9.59 Å². The van der Waals surface area contributed by atoms with Gasteiger partial charge in [0.25, 0.3) is 0 Å². The minimum absolute atomic E-state index is 0.168. The molecule has 118 valence electrons. The molecule has 1 aliphatic rings. The zero-order valence-corrected chi connectivity index (χ0v) is 12.6. The standard InChI is InChI=1S/C17H20FNO3/c1-2-22-17(21)14-6-4-10-19(12-14)16(20)9-8-13-5-3-7-15(18)11-13/h3,5,7-9,11,14H,2,4,6,10,12H2,1H3/b9-8+. The van der Waals surface area contributed by atoms with Crippen molar-refractivity contribution >= 4 is 18.0 Å². The van der Waals surface area contributed by atoms with Crippen LogP contribution in [0.2, 0.25) is 0 Å². The number of halogens is 1. The van der Waals surface area contributed by atoms with Crippen LogP contribution in [-0.4, -0.2) is 36.5 Å². The van der Waals surface area contributed by atoms with E-state index in [9.17, 15) is 14.0 Å². The first-order valence-electron chi connectivity index (χ1n) is 7.49. The van der Waals surface area contributed by atoms with E-state index in [1.807, 2.05) is 0 Å². The summed E-state index contributed by atoms with van der Waals surface area (Å²) in [6.45, 7) is 3.13. The van der Waals surface area contributed by atoms with E-state index in [1.165, 1.54) is 18.2 Å². The smallest absolute Gasteiger partial charge is 0.310 e. The Morgan fingerprint density at radius 2 is 2.27 bits per heavy atom. The van der Waals surface area contributed by atoms with Crippen molar-refractivity contribution in [3.8, 4) is 0 Å². The number of piperidine rings is 1. The maximum absolute atomic E-state index is 13.1. The van der Waals surface area contributed by atoms with Crippen LogP contribution in [0.3, 0.4) is 0 Å². The van der Waals surface area contributed by atoms with Gasteiger partial charge in [-0.05, 0) is 43.5 Å². The average molecular weight is 305 g/mol. The lowest BCUT2D eigenvalue weighted by Gasteiger charge is -2.30. The predicted molar refractivity (Wildman–Crippen MR) is 81.4 cm³/mol. The number of carbonyl (C=O) groups is 2. The zero-order chi connectivity index (χ0) is 15.9. The lowest BCUT2D eigenvalue weighted by Crippen LogP contribution is -2.42. The molecule has 1 fully saturated rings. The third-order valence-electron chi connectivity index (χ3n) is 3.62. The Hall–Kier alpha value is -2.17. The highest BCUT2D eigenvalue weighted by Gasteiger charge is 2.28. The summed E-state index contributed by atoms with van der Waals surface area (Å²) in [7, 11) is 0. The number of likely N-dealkylation sites (tertiary alicyclic amines) is 1. The molecular weight excluding hydrogens is 285 g/mol. The number of nitrogens with zero attached hydrogens (tertiary/aromatic N) is 1. The van der Waals surface area contributed by atoms with E-state index in [0.29, 0.717) is 25.3 Å². The van der Waals surface area contributed by atoms with Crippen molar-refractivity contribution in [3.63, 3.8) is 0 Å². The molecule has 5 heteroatoms. The van der Waals surface area contributed by atoms with Crippen LogP contribution in [0.1, 0.15) is 25.3 Å². The predicted octanol–water partition coefficient (Wildman–Crippen LogP) is 2.64. The Kier molecular flexibility index (Phi) is 5.69. The Balaban J connectivity index is 1.95. The Morgan fingerprint density at radius 3 is 3.00 bits per heavy atom. The van der Waals surface area contributed by atoms with Gasteiger partial charge in [-0.15, -0.1) is 0 Å². The molecule has 1 atom stereocenters. The molecule has 0 radical (unpaired) electrons. The highest BCUT2D eigenvalue weighted by Crippen LogP contribution is 2.18. The zero-order valence-electron chi connectivity index (χ0n) is 12.6. The lowest BCUT2D eigenvalue weighted by molar-refractivity contribution is -0.150. The number of benzene rings is 1. The SMILES string of the molecule is CCOC(=O)C1CCCN(C(=O)/C=C/c2cccc(F)c2)C1. The second kappa shape index (κ2) is 7.73. The van der Waals surface area contributed by atoms with Gasteiger partial charge in [-0.1, -0.05) is 12.1 Å². The average Bonchev–Trinajstić information content (AvgIpc) is 2.53. The number of ether oxygens (including phenoxy) is 1. The summed E-state index contributed by atoms with van der Waals surface area (Å²) in [5.41, 5.74) is 0.632. The summed E-state index contributed by atoms with van der Waals surface area (Å²) in [5.74, 6) is -0.998. The van der Waals surface area contributed by atoms with Crippen LogP contribution in [-0.2, 0) is 14.3 Å². The van der Waals surface area contributed by atoms with E-state index in [1.54, 1.807) is 30.0 Å². The van der Waals surface area contributed by atoms with Crippen LogP contribution in [0.4, 0.5) is 4.39 Å². The molecule has 4 nitrogen and oxygen atoms in total. The lowest BCUT2D eigenvalue weighted by atomic mass is 9.98. The van der Waals surface area contributed by atoms with Gasteiger partial charge >= 0.3 is 5.97 Å². The van der Waals surface area contributed by atoms with Crippen molar-refractivity contribution in [1.29, 1.82) is 0 Å². The molecule has 1 aromatic carbocycles. The fourth-order valence-corrected chi connectivity index (χ4v) is 2.51. The van der Waals surface area contributed by atoms with Gasteiger partial charge in [0.05, 0.1) is 12.5 Å². The first-order chi connectivity index (χ1) is 10.6. The van der Waals surface area contributed by atoms with E-state index in [-0.39, 0.29) is 23.6 Å². The van der Waals surface area contributed by atoms with Gasteiger partial charge in [-0.2, -0.15) is 0 Å². The summed E-state index contributed by atoms with van der Waals surface area (Å²) in [5, 5.41) is 0. The summed E-state index contributed by atoms with van der Waals surface area (Å²) in [4.78, 5) is 25.6. The highest BCUT2D eigenvalue weighted by molar-refractivity contribution is 5.92. The Labute approximate surface area is 129 Å². The van der Waals surface area contributed by atoms with Gasteiger partial charge in [0.2, 0.25) is 5.91 Å². The van der Waals surface area contributed by atoms with Crippen LogP contribution in [0.25, 0.3) is 6.08 Å². The molecule has 1 unspecified atom stereocenters. The number of hydrogen-bond acceptors (Lipinski definition) is 3. The fraction of sp³-hybridized carbons (Fsp3) is 0.412. The molecule has 1 heterocycles. The number of carbonyl (C=O) groups excluding carboxylic acids is 2. The molecular formula is C17H20FNO3. The minimum Gasteiger partial charge on any atom is -0.466 e. The molecule has 1 aromatic rings. The van der Waals surface area contributed by atoms with Crippen LogP contribution < -0.4 is 0 Å². The normalized spacial score (nSPS) is 18.5. The quantitative estimate of drug-likeness (QED) is 0.634. The summed E-state index contributed by atoms with van der Waals surface area (Å²) >= 11 is 0. The topological polar surface area (TPSA) is 46.6 Å². The molecule has 0 spiro atoms. The molecule has 1 amide bonds. The number of hydrogen-bond donors (Lipinski definition) is 0.